The van der Waals surface area contributed by atoms with Crippen molar-refractivity contribution in [3.8, 4) is 5.75 Å². The summed E-state index contributed by atoms with van der Waals surface area (Å²) in [6, 6.07) is 7.47. The van der Waals surface area contributed by atoms with E-state index in [1.165, 1.54) is 0 Å². The normalized spacial score (nSPS) is 12.8. The van der Waals surface area contributed by atoms with Crippen LogP contribution in [0.2, 0.25) is 0 Å². The molecule has 72 valence electrons. The van der Waals surface area contributed by atoms with Crippen LogP contribution in [0.3, 0.4) is 0 Å². The van der Waals surface area contributed by atoms with Crippen molar-refractivity contribution in [2.45, 2.75) is 13.0 Å². The summed E-state index contributed by atoms with van der Waals surface area (Å²) in [5, 5.41) is 20.1. The average molecular weight is 182 g/mol. The minimum absolute atomic E-state index is 0.165. The number of aliphatic hydroxyl groups is 1. The van der Waals surface area contributed by atoms with Gasteiger partial charge in [-0.25, -0.2) is 0 Å². The van der Waals surface area contributed by atoms with Crippen molar-refractivity contribution in [1.29, 1.82) is 0 Å². The molecule has 0 amide bonds. The third-order valence-electron chi connectivity index (χ3n) is 2.08. The fourth-order valence-corrected chi connectivity index (χ4v) is 1.32. The monoisotopic (exact) mass is 182 g/mol. The molecule has 0 bridgehead atoms. The van der Waals surface area contributed by atoms with Gasteiger partial charge in [0, 0.05) is 0 Å². The highest BCUT2D eigenvalue weighted by atomic mass is 16.3. The van der Waals surface area contributed by atoms with Crippen LogP contribution < -0.4 is 5.32 Å². The van der Waals surface area contributed by atoms with Gasteiger partial charge in [0.2, 0.25) is 0 Å². The molecule has 0 saturated heterocycles. The van der Waals surface area contributed by atoms with Crippen LogP contribution in [0.4, 0.5) is 0 Å². The lowest BCUT2D eigenvalue weighted by atomic mass is 10.1. The molecule has 0 spiro atoms. The number of hydrogen-bond acceptors (Lipinski definition) is 2. The fraction of sp³-hybridized carbons (Fsp3) is 0.400. The Kier molecular flexibility index (Phi) is 3.73. The SMILES string of the molecule is C[C@H]([NH2+]CCO)c1ccccc1O. The number of aliphatic hydroxyl groups excluding tert-OH is 1. The van der Waals surface area contributed by atoms with Crippen molar-refractivity contribution in [2.24, 2.45) is 0 Å². The minimum atomic E-state index is 0.165. The van der Waals surface area contributed by atoms with E-state index in [9.17, 15) is 5.11 Å². The van der Waals surface area contributed by atoms with Crippen molar-refractivity contribution < 1.29 is 15.5 Å². The molecule has 3 heteroatoms. The summed E-state index contributed by atoms with van der Waals surface area (Å²) in [5.41, 5.74) is 0.913. The zero-order valence-corrected chi connectivity index (χ0v) is 7.77. The Balaban J connectivity index is 2.65. The van der Waals surface area contributed by atoms with Gasteiger partial charge in [0.25, 0.3) is 0 Å². The first-order valence-corrected chi connectivity index (χ1v) is 4.47. The summed E-state index contributed by atoms with van der Waals surface area (Å²) in [4.78, 5) is 0. The maximum atomic E-state index is 9.50. The smallest absolute Gasteiger partial charge is 0.124 e. The highest BCUT2D eigenvalue weighted by Gasteiger charge is 2.10. The summed E-state index contributed by atoms with van der Waals surface area (Å²) in [6.07, 6.45) is 0. The van der Waals surface area contributed by atoms with E-state index in [1.807, 2.05) is 24.4 Å². The van der Waals surface area contributed by atoms with Crippen LogP contribution in [0.15, 0.2) is 24.3 Å². The molecule has 0 aromatic heterocycles. The van der Waals surface area contributed by atoms with Crippen LogP contribution in [0.25, 0.3) is 0 Å². The molecule has 0 aliphatic heterocycles. The number of phenolic OH excluding ortho intramolecular Hbond substituents is 1. The number of phenols is 1. The molecular formula is C10H16NO2+. The average Bonchev–Trinajstić information content (AvgIpc) is 2.15. The first-order valence-electron chi connectivity index (χ1n) is 4.47. The molecule has 1 aromatic rings. The van der Waals surface area contributed by atoms with Crippen LogP contribution in [0.5, 0.6) is 5.75 Å². The van der Waals surface area contributed by atoms with E-state index < -0.39 is 0 Å². The second-order valence-electron chi connectivity index (χ2n) is 3.10. The van der Waals surface area contributed by atoms with E-state index in [4.69, 9.17) is 5.11 Å². The number of quaternary nitrogens is 1. The molecular weight excluding hydrogens is 166 g/mol. The topological polar surface area (TPSA) is 57.1 Å². The van der Waals surface area contributed by atoms with E-state index in [1.54, 1.807) is 12.1 Å². The van der Waals surface area contributed by atoms with E-state index in [2.05, 4.69) is 0 Å². The zero-order valence-electron chi connectivity index (χ0n) is 7.77. The summed E-state index contributed by atoms with van der Waals surface area (Å²) in [5.74, 6) is 0.323. The van der Waals surface area contributed by atoms with Crippen molar-refractivity contribution in [1.82, 2.24) is 0 Å². The van der Waals surface area contributed by atoms with Gasteiger partial charge in [-0.05, 0) is 19.1 Å². The molecule has 4 N–H and O–H groups in total. The Bertz CT molecular complexity index is 263. The molecule has 0 fully saturated rings. The quantitative estimate of drug-likeness (QED) is 0.614. The van der Waals surface area contributed by atoms with Gasteiger partial charge in [-0.3, -0.25) is 0 Å². The van der Waals surface area contributed by atoms with E-state index in [-0.39, 0.29) is 12.6 Å². The molecule has 0 saturated carbocycles. The minimum Gasteiger partial charge on any atom is -0.507 e. The second-order valence-corrected chi connectivity index (χ2v) is 3.10. The van der Waals surface area contributed by atoms with Gasteiger partial charge in [-0.1, -0.05) is 12.1 Å². The van der Waals surface area contributed by atoms with Gasteiger partial charge in [0.1, 0.15) is 11.8 Å². The number of aromatic hydroxyl groups is 1. The predicted molar refractivity (Wildman–Crippen MR) is 50.4 cm³/mol. The zero-order chi connectivity index (χ0) is 9.68. The van der Waals surface area contributed by atoms with Gasteiger partial charge >= 0.3 is 0 Å². The molecule has 1 atom stereocenters. The Morgan fingerprint density at radius 3 is 2.69 bits per heavy atom. The lowest BCUT2D eigenvalue weighted by Crippen LogP contribution is -2.85. The molecule has 0 aliphatic rings. The van der Waals surface area contributed by atoms with Crippen molar-refractivity contribution in [3.63, 3.8) is 0 Å². The van der Waals surface area contributed by atoms with E-state index >= 15 is 0 Å². The van der Waals surface area contributed by atoms with E-state index in [0.29, 0.717) is 12.3 Å². The fourth-order valence-electron chi connectivity index (χ4n) is 1.32. The van der Waals surface area contributed by atoms with Gasteiger partial charge < -0.3 is 15.5 Å². The highest BCUT2D eigenvalue weighted by molar-refractivity contribution is 5.32. The molecule has 0 unspecified atom stereocenters. The largest absolute Gasteiger partial charge is 0.507 e. The van der Waals surface area contributed by atoms with Crippen molar-refractivity contribution in [3.05, 3.63) is 29.8 Å². The molecule has 0 radical (unpaired) electrons. The number of para-hydroxylation sites is 1. The van der Waals surface area contributed by atoms with Gasteiger partial charge in [-0.15, -0.1) is 0 Å². The van der Waals surface area contributed by atoms with Crippen LogP contribution in [-0.2, 0) is 0 Å². The van der Waals surface area contributed by atoms with Crippen molar-refractivity contribution in [2.75, 3.05) is 13.2 Å². The van der Waals surface area contributed by atoms with Crippen LogP contribution in [-0.4, -0.2) is 23.4 Å². The van der Waals surface area contributed by atoms with Crippen LogP contribution in [0, 0.1) is 0 Å². The van der Waals surface area contributed by atoms with Crippen LogP contribution >= 0.6 is 0 Å². The third-order valence-corrected chi connectivity index (χ3v) is 2.08. The predicted octanol–water partition coefficient (Wildman–Crippen LogP) is 0.00890. The molecule has 3 nitrogen and oxygen atoms in total. The number of benzene rings is 1. The summed E-state index contributed by atoms with van der Waals surface area (Å²) in [7, 11) is 0. The third kappa shape index (κ3) is 2.72. The molecule has 13 heavy (non-hydrogen) atoms. The second kappa shape index (κ2) is 4.84. The van der Waals surface area contributed by atoms with Gasteiger partial charge in [0.05, 0.1) is 18.7 Å². The first-order chi connectivity index (χ1) is 6.25. The lowest BCUT2D eigenvalue weighted by Gasteiger charge is -2.11. The van der Waals surface area contributed by atoms with E-state index in [0.717, 1.165) is 5.56 Å². The molecule has 1 rings (SSSR count). The van der Waals surface area contributed by atoms with Gasteiger partial charge in [0.15, 0.2) is 0 Å². The number of nitrogens with two attached hydrogens (primary N) is 1. The Hall–Kier alpha value is -1.06. The maximum Gasteiger partial charge on any atom is 0.124 e. The number of rotatable bonds is 4. The summed E-state index contributed by atoms with van der Waals surface area (Å²) in [6.45, 7) is 2.83. The first kappa shape index (κ1) is 10.0. The Labute approximate surface area is 78.0 Å². The standard InChI is InChI=1S/C10H15NO2/c1-8(11-6-7-12)9-4-2-3-5-10(9)13/h2-5,8,11-13H,6-7H2,1H3/p+1/t8-/m0/s1. The maximum absolute atomic E-state index is 9.50. The molecule has 0 heterocycles. The Morgan fingerprint density at radius 1 is 1.38 bits per heavy atom. The summed E-state index contributed by atoms with van der Waals surface area (Å²) >= 11 is 0. The van der Waals surface area contributed by atoms with Crippen LogP contribution in [0.1, 0.15) is 18.5 Å². The summed E-state index contributed by atoms with van der Waals surface area (Å²) < 4.78 is 0. The Morgan fingerprint density at radius 2 is 2.08 bits per heavy atom. The van der Waals surface area contributed by atoms with Crippen molar-refractivity contribution >= 4 is 0 Å². The van der Waals surface area contributed by atoms with Gasteiger partial charge in [-0.2, -0.15) is 0 Å². The number of hydrogen-bond donors (Lipinski definition) is 3. The highest BCUT2D eigenvalue weighted by Crippen LogP contribution is 2.20. The molecule has 1 aromatic carbocycles. The molecule has 0 aliphatic carbocycles. The lowest BCUT2D eigenvalue weighted by molar-refractivity contribution is -0.693.